The summed E-state index contributed by atoms with van der Waals surface area (Å²) >= 11 is 5.90. The SMILES string of the molecule is Oc1cccc(Cl)c1OC1CCNC1. The lowest BCUT2D eigenvalue weighted by Crippen LogP contribution is -2.19. The second-order valence-electron chi connectivity index (χ2n) is 3.32. The lowest BCUT2D eigenvalue weighted by molar-refractivity contribution is 0.214. The summed E-state index contributed by atoms with van der Waals surface area (Å²) in [6, 6.07) is 4.97. The van der Waals surface area contributed by atoms with Crippen LogP contribution in [0.3, 0.4) is 0 Å². The fraction of sp³-hybridized carbons (Fsp3) is 0.400. The maximum absolute atomic E-state index is 9.52. The molecule has 0 amide bonds. The molecule has 0 aliphatic carbocycles. The molecule has 0 aromatic heterocycles. The first-order valence-electron chi connectivity index (χ1n) is 4.62. The summed E-state index contributed by atoms with van der Waals surface area (Å²) in [4.78, 5) is 0. The minimum Gasteiger partial charge on any atom is -0.504 e. The van der Waals surface area contributed by atoms with Crippen LogP contribution >= 0.6 is 11.6 Å². The van der Waals surface area contributed by atoms with Crippen LogP contribution in [-0.4, -0.2) is 24.3 Å². The van der Waals surface area contributed by atoms with Gasteiger partial charge in [-0.1, -0.05) is 17.7 Å². The minimum absolute atomic E-state index is 0.101. The van der Waals surface area contributed by atoms with Gasteiger partial charge in [-0.05, 0) is 25.1 Å². The van der Waals surface area contributed by atoms with Gasteiger partial charge < -0.3 is 15.2 Å². The van der Waals surface area contributed by atoms with Crippen molar-refractivity contribution < 1.29 is 9.84 Å². The van der Waals surface area contributed by atoms with Gasteiger partial charge >= 0.3 is 0 Å². The first-order chi connectivity index (χ1) is 6.77. The van der Waals surface area contributed by atoms with E-state index in [4.69, 9.17) is 16.3 Å². The molecule has 1 atom stereocenters. The van der Waals surface area contributed by atoms with Gasteiger partial charge in [-0.25, -0.2) is 0 Å². The number of rotatable bonds is 2. The van der Waals surface area contributed by atoms with E-state index in [1.807, 2.05) is 0 Å². The van der Waals surface area contributed by atoms with Crippen molar-refractivity contribution in [1.82, 2.24) is 5.32 Å². The van der Waals surface area contributed by atoms with Gasteiger partial charge in [-0.15, -0.1) is 0 Å². The highest BCUT2D eigenvalue weighted by Gasteiger charge is 2.18. The Kier molecular flexibility index (Phi) is 2.79. The van der Waals surface area contributed by atoms with Crippen LogP contribution in [-0.2, 0) is 0 Å². The van der Waals surface area contributed by atoms with Crippen molar-refractivity contribution in [3.63, 3.8) is 0 Å². The van der Waals surface area contributed by atoms with Crippen LogP contribution in [0.15, 0.2) is 18.2 Å². The third-order valence-electron chi connectivity index (χ3n) is 2.25. The van der Waals surface area contributed by atoms with Crippen molar-refractivity contribution in [3.05, 3.63) is 23.2 Å². The molecule has 0 bridgehead atoms. The molecule has 1 saturated heterocycles. The Morgan fingerprint density at radius 2 is 2.36 bits per heavy atom. The van der Waals surface area contributed by atoms with Crippen LogP contribution in [0.5, 0.6) is 11.5 Å². The van der Waals surface area contributed by atoms with Crippen molar-refractivity contribution in [2.75, 3.05) is 13.1 Å². The summed E-state index contributed by atoms with van der Waals surface area (Å²) in [7, 11) is 0. The van der Waals surface area contributed by atoms with E-state index in [0.29, 0.717) is 10.8 Å². The van der Waals surface area contributed by atoms with Gasteiger partial charge in [0.1, 0.15) is 6.10 Å². The van der Waals surface area contributed by atoms with E-state index >= 15 is 0 Å². The summed E-state index contributed by atoms with van der Waals surface area (Å²) < 4.78 is 5.59. The quantitative estimate of drug-likeness (QED) is 0.787. The Morgan fingerprint density at radius 3 is 3.00 bits per heavy atom. The van der Waals surface area contributed by atoms with E-state index in [0.717, 1.165) is 19.5 Å². The van der Waals surface area contributed by atoms with Gasteiger partial charge in [-0.3, -0.25) is 0 Å². The predicted octanol–water partition coefficient (Wildman–Crippen LogP) is 1.79. The van der Waals surface area contributed by atoms with E-state index in [-0.39, 0.29) is 11.9 Å². The maximum Gasteiger partial charge on any atom is 0.179 e. The molecule has 14 heavy (non-hydrogen) atoms. The summed E-state index contributed by atoms with van der Waals surface area (Å²) in [5.41, 5.74) is 0. The van der Waals surface area contributed by atoms with Crippen molar-refractivity contribution in [3.8, 4) is 11.5 Å². The van der Waals surface area contributed by atoms with Crippen molar-refractivity contribution in [2.24, 2.45) is 0 Å². The van der Waals surface area contributed by atoms with Gasteiger partial charge in [0.05, 0.1) is 5.02 Å². The molecule has 1 heterocycles. The number of phenols is 1. The number of benzene rings is 1. The zero-order chi connectivity index (χ0) is 9.97. The molecule has 2 N–H and O–H groups in total. The van der Waals surface area contributed by atoms with Crippen LogP contribution in [0.4, 0.5) is 0 Å². The fourth-order valence-electron chi connectivity index (χ4n) is 1.51. The average molecular weight is 214 g/mol. The van der Waals surface area contributed by atoms with E-state index in [2.05, 4.69) is 5.32 Å². The van der Waals surface area contributed by atoms with Crippen molar-refractivity contribution in [2.45, 2.75) is 12.5 Å². The predicted molar refractivity (Wildman–Crippen MR) is 55.0 cm³/mol. The van der Waals surface area contributed by atoms with Crippen LogP contribution in [0.2, 0.25) is 5.02 Å². The number of hydrogen-bond acceptors (Lipinski definition) is 3. The molecule has 1 aromatic rings. The Hall–Kier alpha value is -0.930. The molecule has 2 rings (SSSR count). The van der Waals surface area contributed by atoms with Crippen molar-refractivity contribution >= 4 is 11.6 Å². The number of aromatic hydroxyl groups is 1. The van der Waals surface area contributed by atoms with E-state index in [1.165, 1.54) is 0 Å². The highest BCUT2D eigenvalue weighted by molar-refractivity contribution is 6.32. The third kappa shape index (κ3) is 1.94. The monoisotopic (exact) mass is 213 g/mol. The lowest BCUT2D eigenvalue weighted by Gasteiger charge is -2.14. The molecule has 3 nitrogen and oxygen atoms in total. The Bertz CT molecular complexity index is 304. The molecular formula is C10H12ClNO2. The summed E-state index contributed by atoms with van der Waals surface area (Å²) in [6.45, 7) is 1.76. The van der Waals surface area contributed by atoms with Gasteiger partial charge in [-0.2, -0.15) is 0 Å². The molecule has 4 heteroatoms. The number of para-hydroxylation sites is 1. The second kappa shape index (κ2) is 4.07. The largest absolute Gasteiger partial charge is 0.504 e. The maximum atomic E-state index is 9.52. The molecule has 1 fully saturated rings. The first kappa shape index (κ1) is 9.62. The molecule has 0 spiro atoms. The minimum atomic E-state index is 0.101. The standard InChI is InChI=1S/C10H12ClNO2/c11-8-2-1-3-9(13)10(8)14-7-4-5-12-6-7/h1-3,7,12-13H,4-6H2. The second-order valence-corrected chi connectivity index (χ2v) is 3.73. The Labute approximate surface area is 87.6 Å². The molecule has 1 aromatic carbocycles. The molecule has 1 aliphatic heterocycles. The summed E-state index contributed by atoms with van der Waals surface area (Å²) in [6.07, 6.45) is 1.06. The van der Waals surface area contributed by atoms with Gasteiger partial charge in [0.25, 0.3) is 0 Å². The van der Waals surface area contributed by atoms with Gasteiger partial charge in [0.15, 0.2) is 11.5 Å². The first-order valence-corrected chi connectivity index (χ1v) is 5.00. The number of phenolic OH excluding ortho intramolecular Hbond substituents is 1. The molecule has 1 aliphatic rings. The molecular weight excluding hydrogens is 202 g/mol. The number of ether oxygens (including phenoxy) is 1. The number of nitrogens with one attached hydrogen (secondary N) is 1. The fourth-order valence-corrected chi connectivity index (χ4v) is 1.72. The van der Waals surface area contributed by atoms with Crippen LogP contribution in [0.1, 0.15) is 6.42 Å². The Morgan fingerprint density at radius 1 is 1.50 bits per heavy atom. The average Bonchev–Trinajstić information content (AvgIpc) is 2.64. The molecule has 1 unspecified atom stereocenters. The van der Waals surface area contributed by atoms with Gasteiger partial charge in [0, 0.05) is 6.54 Å². The van der Waals surface area contributed by atoms with E-state index < -0.39 is 0 Å². The molecule has 0 radical (unpaired) electrons. The van der Waals surface area contributed by atoms with E-state index in [1.54, 1.807) is 18.2 Å². The number of halogens is 1. The van der Waals surface area contributed by atoms with Crippen molar-refractivity contribution in [1.29, 1.82) is 0 Å². The van der Waals surface area contributed by atoms with Crippen LogP contribution < -0.4 is 10.1 Å². The summed E-state index contributed by atoms with van der Waals surface area (Å²) in [5, 5.41) is 13.2. The molecule has 0 saturated carbocycles. The smallest absolute Gasteiger partial charge is 0.179 e. The normalized spacial score (nSPS) is 21.1. The van der Waals surface area contributed by atoms with Crippen LogP contribution in [0.25, 0.3) is 0 Å². The topological polar surface area (TPSA) is 41.5 Å². The van der Waals surface area contributed by atoms with E-state index in [9.17, 15) is 5.11 Å². The summed E-state index contributed by atoms with van der Waals surface area (Å²) in [5.74, 6) is 0.493. The zero-order valence-electron chi connectivity index (χ0n) is 7.66. The zero-order valence-corrected chi connectivity index (χ0v) is 8.42. The van der Waals surface area contributed by atoms with Gasteiger partial charge in [0.2, 0.25) is 0 Å². The van der Waals surface area contributed by atoms with Crippen LogP contribution in [0, 0.1) is 0 Å². The third-order valence-corrected chi connectivity index (χ3v) is 2.54. The lowest BCUT2D eigenvalue weighted by atomic mass is 10.3. The molecule has 76 valence electrons. The highest BCUT2D eigenvalue weighted by Crippen LogP contribution is 2.34. The number of hydrogen-bond donors (Lipinski definition) is 2. The Balaban J connectivity index is 2.14. The highest BCUT2D eigenvalue weighted by atomic mass is 35.5.